The van der Waals surface area contributed by atoms with E-state index in [2.05, 4.69) is 50.9 Å². The fourth-order valence-electron chi connectivity index (χ4n) is 3.45. The summed E-state index contributed by atoms with van der Waals surface area (Å²) in [6.45, 7) is 7.60. The summed E-state index contributed by atoms with van der Waals surface area (Å²) >= 11 is 0. The Morgan fingerprint density at radius 1 is 1.19 bits per heavy atom. The van der Waals surface area contributed by atoms with E-state index >= 15 is 0 Å². The van der Waals surface area contributed by atoms with Crippen molar-refractivity contribution in [3.63, 3.8) is 0 Å². The first-order chi connectivity index (χ1) is 14.7. The molecular weight excluding hydrogens is 413 g/mol. The van der Waals surface area contributed by atoms with Crippen molar-refractivity contribution in [2.75, 3.05) is 19.8 Å². The highest BCUT2D eigenvalue weighted by Gasteiger charge is 2.38. The van der Waals surface area contributed by atoms with Gasteiger partial charge in [-0.2, -0.15) is 18.3 Å². The van der Waals surface area contributed by atoms with Crippen LogP contribution in [0.2, 0.25) is 0 Å². The van der Waals surface area contributed by atoms with Crippen LogP contribution >= 0.6 is 0 Å². The van der Waals surface area contributed by atoms with Crippen LogP contribution in [0, 0.1) is 18.8 Å². The van der Waals surface area contributed by atoms with Crippen LogP contribution in [0.1, 0.15) is 29.9 Å². The number of ether oxygens (including phenoxy) is 1. The number of carboxylic acid groups (broad SMARTS) is 1. The molecule has 2 aromatic rings. The lowest BCUT2D eigenvalue weighted by atomic mass is 10.1. The molecule has 1 aliphatic carbocycles. The van der Waals surface area contributed by atoms with Crippen molar-refractivity contribution >= 4 is 5.97 Å². The van der Waals surface area contributed by atoms with Gasteiger partial charge in [0.25, 0.3) is 0 Å². The average molecular weight is 440 g/mol. The minimum atomic E-state index is -5.08. The zero-order valence-electron chi connectivity index (χ0n) is 17.4. The molecule has 0 bridgehead atoms. The van der Waals surface area contributed by atoms with Gasteiger partial charge in [-0.3, -0.25) is 14.6 Å². The fourth-order valence-corrected chi connectivity index (χ4v) is 3.45. The third kappa shape index (κ3) is 7.62. The first-order valence-corrected chi connectivity index (χ1v) is 10.2. The van der Waals surface area contributed by atoms with E-state index in [4.69, 9.17) is 14.6 Å². The van der Waals surface area contributed by atoms with Crippen LogP contribution in [-0.2, 0) is 29.2 Å². The van der Waals surface area contributed by atoms with Gasteiger partial charge in [0.15, 0.2) is 0 Å². The molecule has 1 saturated carbocycles. The summed E-state index contributed by atoms with van der Waals surface area (Å²) in [4.78, 5) is 16.0. The Labute approximate surface area is 178 Å². The second kappa shape index (κ2) is 10.2. The molecule has 2 aliphatic rings. The Balaban J connectivity index is 0.000000339. The number of hydrogen-bond donors (Lipinski definition) is 1. The molecule has 2 aromatic heterocycles. The highest BCUT2D eigenvalue weighted by molar-refractivity contribution is 5.73. The van der Waals surface area contributed by atoms with E-state index in [1.54, 1.807) is 0 Å². The second-order valence-electron chi connectivity index (χ2n) is 8.09. The average Bonchev–Trinajstić information content (AvgIpc) is 3.43. The number of carboxylic acids is 1. The van der Waals surface area contributed by atoms with Crippen molar-refractivity contribution in [2.24, 2.45) is 11.8 Å². The third-order valence-corrected chi connectivity index (χ3v) is 5.12. The molecule has 0 aromatic carbocycles. The molecule has 4 rings (SSSR count). The van der Waals surface area contributed by atoms with Crippen LogP contribution in [0.4, 0.5) is 13.2 Å². The number of nitrogens with zero attached hydrogens (tertiary/aromatic N) is 4. The number of hydrogen-bond acceptors (Lipinski definition) is 5. The normalized spacial score (nSPS) is 19.2. The van der Waals surface area contributed by atoms with Gasteiger partial charge in [0.2, 0.25) is 0 Å². The molecule has 0 radical (unpaired) electrons. The van der Waals surface area contributed by atoms with E-state index in [1.807, 2.05) is 6.20 Å². The number of alkyl halides is 3. The van der Waals surface area contributed by atoms with Crippen LogP contribution in [0.3, 0.4) is 0 Å². The van der Waals surface area contributed by atoms with E-state index < -0.39 is 12.1 Å². The molecule has 0 spiro atoms. The zero-order valence-corrected chi connectivity index (χ0v) is 17.4. The topological polar surface area (TPSA) is 80.5 Å². The molecule has 0 saturated heterocycles. The van der Waals surface area contributed by atoms with Crippen molar-refractivity contribution in [3.8, 4) is 0 Å². The zero-order chi connectivity index (χ0) is 22.4. The van der Waals surface area contributed by atoms with Gasteiger partial charge in [0, 0.05) is 50.6 Å². The van der Waals surface area contributed by atoms with E-state index in [1.165, 1.54) is 18.5 Å². The van der Waals surface area contributed by atoms with E-state index in [0.29, 0.717) is 5.92 Å². The predicted molar refractivity (Wildman–Crippen MR) is 106 cm³/mol. The van der Waals surface area contributed by atoms with Gasteiger partial charge in [0.1, 0.15) is 0 Å². The minimum absolute atomic E-state index is 0.481. The van der Waals surface area contributed by atoms with Gasteiger partial charge in [0.05, 0.1) is 18.0 Å². The number of aliphatic carboxylic acids is 1. The number of carbonyl (C=O) groups is 1. The Morgan fingerprint density at radius 3 is 2.55 bits per heavy atom. The van der Waals surface area contributed by atoms with E-state index in [0.717, 1.165) is 56.7 Å². The smallest absolute Gasteiger partial charge is 0.475 e. The lowest BCUT2D eigenvalue weighted by Gasteiger charge is -2.23. The molecule has 1 unspecified atom stereocenters. The Kier molecular flexibility index (Phi) is 7.66. The number of aryl methyl sites for hydroxylation is 1. The van der Waals surface area contributed by atoms with Gasteiger partial charge < -0.3 is 9.84 Å². The molecule has 31 heavy (non-hydrogen) atoms. The molecule has 7 nitrogen and oxygen atoms in total. The van der Waals surface area contributed by atoms with Crippen LogP contribution in [0.25, 0.3) is 0 Å². The van der Waals surface area contributed by atoms with Gasteiger partial charge in [-0.15, -0.1) is 0 Å². The Hall–Kier alpha value is -2.46. The standard InChI is InChI=1S/C19H26N4O.C2HF3O2/c1-15-3-2-4-18(21-15)11-22-9-17(14-24-13-16-5-6-16)10-23-19(12-22)7-8-20-23;3-2(4,5)1(6)7/h2-4,7-8,16-17H,5-6,9-14H2,1H3;(H,6,7). The fraction of sp³-hybridized carbons (Fsp3) is 0.571. The molecule has 0 amide bonds. The quantitative estimate of drug-likeness (QED) is 0.743. The van der Waals surface area contributed by atoms with Crippen molar-refractivity contribution < 1.29 is 27.8 Å². The number of halogens is 3. The molecule has 1 atom stereocenters. The van der Waals surface area contributed by atoms with Gasteiger partial charge in [-0.05, 0) is 43.9 Å². The highest BCUT2D eigenvalue weighted by atomic mass is 19.4. The lowest BCUT2D eigenvalue weighted by molar-refractivity contribution is -0.192. The maximum Gasteiger partial charge on any atom is 0.490 e. The van der Waals surface area contributed by atoms with Crippen LogP contribution in [-0.4, -0.2) is 56.7 Å². The van der Waals surface area contributed by atoms with Gasteiger partial charge in [-0.1, -0.05) is 6.07 Å². The second-order valence-corrected chi connectivity index (χ2v) is 8.09. The molecule has 3 heterocycles. The summed E-state index contributed by atoms with van der Waals surface area (Å²) in [5.74, 6) is -1.45. The summed E-state index contributed by atoms with van der Waals surface area (Å²) in [6, 6.07) is 8.39. The Morgan fingerprint density at radius 2 is 1.90 bits per heavy atom. The third-order valence-electron chi connectivity index (χ3n) is 5.12. The van der Waals surface area contributed by atoms with Crippen molar-refractivity contribution in [1.82, 2.24) is 19.7 Å². The first kappa shape index (κ1) is 23.2. The van der Waals surface area contributed by atoms with Crippen LogP contribution in [0.15, 0.2) is 30.5 Å². The number of pyridine rings is 1. The van der Waals surface area contributed by atoms with Crippen LogP contribution in [0.5, 0.6) is 0 Å². The SMILES string of the molecule is Cc1cccc(CN2Cc3ccnn3CC(COCC3CC3)C2)n1.O=C(O)C(F)(F)F. The summed E-state index contributed by atoms with van der Waals surface area (Å²) in [6.07, 6.45) is -0.482. The van der Waals surface area contributed by atoms with Crippen molar-refractivity contribution in [1.29, 1.82) is 0 Å². The van der Waals surface area contributed by atoms with E-state index in [9.17, 15) is 13.2 Å². The maximum absolute atomic E-state index is 10.6. The number of rotatable bonds is 6. The molecule has 1 N–H and O–H groups in total. The van der Waals surface area contributed by atoms with E-state index in [-0.39, 0.29) is 0 Å². The summed E-state index contributed by atoms with van der Waals surface area (Å²) < 4.78 is 39.9. The number of fused-ring (bicyclic) bond motifs is 1. The van der Waals surface area contributed by atoms with Crippen molar-refractivity contribution in [3.05, 3.63) is 47.5 Å². The number of aromatic nitrogens is 3. The van der Waals surface area contributed by atoms with Crippen LogP contribution < -0.4 is 0 Å². The molecule has 10 heteroatoms. The lowest BCUT2D eigenvalue weighted by Crippen LogP contribution is -2.30. The molecule has 1 aliphatic heterocycles. The first-order valence-electron chi connectivity index (χ1n) is 10.2. The van der Waals surface area contributed by atoms with Crippen molar-refractivity contribution in [2.45, 2.75) is 45.6 Å². The maximum atomic E-state index is 10.6. The summed E-state index contributed by atoms with van der Waals surface area (Å²) in [7, 11) is 0. The summed E-state index contributed by atoms with van der Waals surface area (Å²) in [5, 5.41) is 11.6. The molecule has 1 fully saturated rings. The highest BCUT2D eigenvalue weighted by Crippen LogP contribution is 2.29. The van der Waals surface area contributed by atoms with Gasteiger partial charge >= 0.3 is 12.1 Å². The monoisotopic (exact) mass is 440 g/mol. The predicted octanol–water partition coefficient (Wildman–Crippen LogP) is 3.28. The summed E-state index contributed by atoms with van der Waals surface area (Å²) in [5.41, 5.74) is 3.50. The Bertz CT molecular complexity index is 868. The molecular formula is C21H27F3N4O3. The minimum Gasteiger partial charge on any atom is -0.475 e. The largest absolute Gasteiger partial charge is 0.490 e. The van der Waals surface area contributed by atoms with Gasteiger partial charge in [-0.25, -0.2) is 4.79 Å². The molecule has 170 valence electrons.